The van der Waals surface area contributed by atoms with Crippen molar-refractivity contribution in [3.8, 4) is 0 Å². The number of halogens is 1. The molecule has 0 bridgehead atoms. The molecule has 0 unspecified atom stereocenters. The van der Waals surface area contributed by atoms with E-state index in [4.69, 9.17) is 0 Å². The molecular weight excluding hydrogens is 306 g/mol. The van der Waals surface area contributed by atoms with E-state index in [1.54, 1.807) is 6.07 Å². The predicted octanol–water partition coefficient (Wildman–Crippen LogP) is 3.18. The molecule has 0 saturated heterocycles. The molecule has 3 nitrogen and oxygen atoms in total. The SMILES string of the molecule is Cc1cccc(C(=O)NC2(CO)CCCCC2)c1Br. The van der Waals surface area contributed by atoms with Crippen molar-refractivity contribution in [3.05, 3.63) is 33.8 Å². The van der Waals surface area contributed by atoms with E-state index < -0.39 is 5.54 Å². The quantitative estimate of drug-likeness (QED) is 0.896. The Balaban J connectivity index is 2.17. The maximum absolute atomic E-state index is 12.4. The van der Waals surface area contributed by atoms with Crippen molar-refractivity contribution in [1.82, 2.24) is 5.32 Å². The van der Waals surface area contributed by atoms with E-state index in [0.717, 1.165) is 35.7 Å². The zero-order valence-corrected chi connectivity index (χ0v) is 12.8. The molecule has 0 radical (unpaired) electrons. The van der Waals surface area contributed by atoms with Gasteiger partial charge in [-0.25, -0.2) is 0 Å². The highest BCUT2D eigenvalue weighted by atomic mass is 79.9. The molecule has 2 rings (SSSR count). The Labute approximate surface area is 122 Å². The Hall–Kier alpha value is -0.870. The summed E-state index contributed by atoms with van der Waals surface area (Å²) in [5.74, 6) is -0.105. The highest BCUT2D eigenvalue weighted by Crippen LogP contribution is 2.29. The van der Waals surface area contributed by atoms with Crippen LogP contribution >= 0.6 is 15.9 Å². The summed E-state index contributed by atoms with van der Waals surface area (Å²) in [5.41, 5.74) is 1.24. The summed E-state index contributed by atoms with van der Waals surface area (Å²) in [7, 11) is 0. The van der Waals surface area contributed by atoms with Crippen LogP contribution in [0.2, 0.25) is 0 Å². The van der Waals surface area contributed by atoms with Gasteiger partial charge in [0.1, 0.15) is 0 Å². The number of amides is 1. The van der Waals surface area contributed by atoms with Gasteiger partial charge >= 0.3 is 0 Å². The van der Waals surface area contributed by atoms with Crippen LogP contribution in [-0.4, -0.2) is 23.2 Å². The molecule has 1 saturated carbocycles. The third-order valence-corrected chi connectivity index (χ3v) is 4.98. The van der Waals surface area contributed by atoms with Gasteiger partial charge in [-0.1, -0.05) is 31.4 Å². The van der Waals surface area contributed by atoms with E-state index in [-0.39, 0.29) is 12.5 Å². The summed E-state index contributed by atoms with van der Waals surface area (Å²) < 4.78 is 0.830. The molecule has 0 aliphatic heterocycles. The molecule has 104 valence electrons. The maximum Gasteiger partial charge on any atom is 0.252 e. The van der Waals surface area contributed by atoms with E-state index in [1.807, 2.05) is 19.1 Å². The Morgan fingerprint density at radius 3 is 2.68 bits per heavy atom. The summed E-state index contributed by atoms with van der Waals surface area (Å²) in [6.45, 7) is 1.98. The van der Waals surface area contributed by atoms with Crippen LogP contribution in [0.1, 0.15) is 48.0 Å². The van der Waals surface area contributed by atoms with Crippen molar-refractivity contribution in [2.24, 2.45) is 0 Å². The first-order chi connectivity index (χ1) is 9.08. The van der Waals surface area contributed by atoms with Gasteiger partial charge < -0.3 is 10.4 Å². The molecule has 1 aliphatic carbocycles. The first-order valence-electron chi connectivity index (χ1n) is 6.76. The Kier molecular flexibility index (Phi) is 4.63. The summed E-state index contributed by atoms with van der Waals surface area (Å²) in [6.07, 6.45) is 5.04. The van der Waals surface area contributed by atoms with E-state index >= 15 is 0 Å². The minimum absolute atomic E-state index is 0.0160. The van der Waals surface area contributed by atoms with Crippen molar-refractivity contribution in [1.29, 1.82) is 0 Å². The minimum atomic E-state index is -0.432. The number of aryl methyl sites for hydroxylation is 1. The Morgan fingerprint density at radius 2 is 2.05 bits per heavy atom. The van der Waals surface area contributed by atoms with Gasteiger partial charge in [0.15, 0.2) is 0 Å². The monoisotopic (exact) mass is 325 g/mol. The first-order valence-corrected chi connectivity index (χ1v) is 7.56. The van der Waals surface area contributed by atoms with E-state index in [9.17, 15) is 9.90 Å². The normalized spacial score (nSPS) is 18.1. The van der Waals surface area contributed by atoms with Crippen LogP contribution in [-0.2, 0) is 0 Å². The van der Waals surface area contributed by atoms with Crippen LogP contribution in [0.25, 0.3) is 0 Å². The molecule has 2 N–H and O–H groups in total. The molecule has 0 spiro atoms. The molecule has 19 heavy (non-hydrogen) atoms. The van der Waals surface area contributed by atoms with Gasteiger partial charge in [0, 0.05) is 4.47 Å². The summed E-state index contributed by atoms with van der Waals surface area (Å²) >= 11 is 3.46. The van der Waals surface area contributed by atoms with E-state index in [0.29, 0.717) is 5.56 Å². The van der Waals surface area contributed by atoms with Gasteiger partial charge in [-0.15, -0.1) is 0 Å². The van der Waals surface area contributed by atoms with Crippen molar-refractivity contribution >= 4 is 21.8 Å². The number of aliphatic hydroxyl groups is 1. The lowest BCUT2D eigenvalue weighted by Gasteiger charge is -2.36. The van der Waals surface area contributed by atoms with Crippen molar-refractivity contribution < 1.29 is 9.90 Å². The second kappa shape index (κ2) is 6.06. The zero-order valence-electron chi connectivity index (χ0n) is 11.2. The minimum Gasteiger partial charge on any atom is -0.394 e. The van der Waals surface area contributed by atoms with Crippen LogP contribution in [0.4, 0.5) is 0 Å². The molecule has 0 heterocycles. The number of aliphatic hydroxyl groups excluding tert-OH is 1. The molecule has 1 amide bonds. The largest absolute Gasteiger partial charge is 0.394 e. The lowest BCUT2D eigenvalue weighted by molar-refractivity contribution is 0.0758. The highest BCUT2D eigenvalue weighted by molar-refractivity contribution is 9.10. The van der Waals surface area contributed by atoms with Crippen LogP contribution in [0.15, 0.2) is 22.7 Å². The van der Waals surface area contributed by atoms with Crippen LogP contribution in [0.5, 0.6) is 0 Å². The second-order valence-corrected chi connectivity index (χ2v) is 6.18. The topological polar surface area (TPSA) is 49.3 Å². The molecule has 1 aliphatic rings. The number of benzene rings is 1. The molecule has 0 atom stereocenters. The van der Waals surface area contributed by atoms with Crippen molar-refractivity contribution in [3.63, 3.8) is 0 Å². The number of hydrogen-bond donors (Lipinski definition) is 2. The third kappa shape index (κ3) is 3.18. The van der Waals surface area contributed by atoms with Gasteiger partial charge in [0.05, 0.1) is 17.7 Å². The summed E-state index contributed by atoms with van der Waals surface area (Å²) in [5, 5.41) is 12.7. The molecule has 1 fully saturated rings. The molecule has 0 aromatic heterocycles. The Morgan fingerprint density at radius 1 is 1.37 bits per heavy atom. The smallest absolute Gasteiger partial charge is 0.252 e. The van der Waals surface area contributed by atoms with Gasteiger partial charge in [0.25, 0.3) is 5.91 Å². The maximum atomic E-state index is 12.4. The fraction of sp³-hybridized carbons (Fsp3) is 0.533. The van der Waals surface area contributed by atoms with Crippen LogP contribution in [0.3, 0.4) is 0 Å². The van der Waals surface area contributed by atoms with Gasteiger partial charge in [-0.05, 0) is 47.3 Å². The molecular formula is C15H20BrNO2. The average Bonchev–Trinajstić information content (AvgIpc) is 2.42. The molecule has 1 aromatic rings. The number of carbonyl (C=O) groups is 1. The Bertz CT molecular complexity index is 467. The molecule has 1 aromatic carbocycles. The summed E-state index contributed by atoms with van der Waals surface area (Å²) in [6, 6.07) is 5.64. The van der Waals surface area contributed by atoms with Gasteiger partial charge in [-0.2, -0.15) is 0 Å². The van der Waals surface area contributed by atoms with Gasteiger partial charge in [-0.3, -0.25) is 4.79 Å². The number of rotatable bonds is 3. The van der Waals surface area contributed by atoms with Crippen LogP contribution < -0.4 is 5.32 Å². The number of hydrogen-bond acceptors (Lipinski definition) is 2. The lowest BCUT2D eigenvalue weighted by atomic mass is 9.82. The fourth-order valence-electron chi connectivity index (χ4n) is 2.68. The second-order valence-electron chi connectivity index (χ2n) is 5.39. The molecule has 4 heteroatoms. The van der Waals surface area contributed by atoms with E-state index in [2.05, 4.69) is 21.2 Å². The first kappa shape index (κ1) is 14.5. The average molecular weight is 326 g/mol. The van der Waals surface area contributed by atoms with E-state index in [1.165, 1.54) is 6.42 Å². The third-order valence-electron chi connectivity index (χ3n) is 3.93. The lowest BCUT2D eigenvalue weighted by Crippen LogP contribution is -2.52. The highest BCUT2D eigenvalue weighted by Gasteiger charge is 2.33. The standard InChI is InChI=1S/C15H20BrNO2/c1-11-6-5-7-12(13(11)16)14(19)17-15(10-18)8-3-2-4-9-15/h5-7,18H,2-4,8-10H2,1H3,(H,17,19). The van der Waals surface area contributed by atoms with Crippen molar-refractivity contribution in [2.45, 2.75) is 44.6 Å². The predicted molar refractivity (Wildman–Crippen MR) is 79.2 cm³/mol. The van der Waals surface area contributed by atoms with Crippen LogP contribution in [0, 0.1) is 6.92 Å². The zero-order chi connectivity index (χ0) is 13.9. The number of nitrogens with one attached hydrogen (secondary N) is 1. The van der Waals surface area contributed by atoms with Gasteiger partial charge in [0.2, 0.25) is 0 Å². The van der Waals surface area contributed by atoms with Crippen molar-refractivity contribution in [2.75, 3.05) is 6.61 Å². The fourth-order valence-corrected chi connectivity index (χ4v) is 3.13. The number of carbonyl (C=O) groups excluding carboxylic acids is 1. The summed E-state index contributed by atoms with van der Waals surface area (Å²) in [4.78, 5) is 12.4.